The number of rotatable bonds is 3. The smallest absolute Gasteiger partial charge is 0.230 e. The molecule has 1 spiro atoms. The number of amides is 1. The van der Waals surface area contributed by atoms with Crippen LogP contribution in [0.25, 0.3) is 0 Å². The summed E-state index contributed by atoms with van der Waals surface area (Å²) in [6, 6.07) is 7.98. The number of piperidine rings is 2. The molecule has 1 aromatic carbocycles. The molecule has 3 rings (SSSR count). The van der Waals surface area contributed by atoms with E-state index in [1.165, 1.54) is 0 Å². The number of hydrogen-bond donors (Lipinski definition) is 1. The van der Waals surface area contributed by atoms with Gasteiger partial charge < -0.3 is 15.0 Å². The first-order valence-electron chi connectivity index (χ1n) is 7.87. The summed E-state index contributed by atoms with van der Waals surface area (Å²) >= 11 is 0. The number of hydrogen-bond acceptors (Lipinski definition) is 3. The first-order chi connectivity index (χ1) is 10.2. The summed E-state index contributed by atoms with van der Waals surface area (Å²) in [5, 5.41) is 3.41. The Morgan fingerprint density at radius 1 is 1.29 bits per heavy atom. The standard InChI is InChI=1S/C17H24N2O2/c1-21-15-7-3-2-6-14(15)12-19-11-5-9-17(16(19)20)8-4-10-18-13-17/h2-3,6-7,18H,4-5,8-13H2,1H3. The van der Waals surface area contributed by atoms with Gasteiger partial charge in [0.1, 0.15) is 5.75 Å². The van der Waals surface area contributed by atoms with Gasteiger partial charge in [0.25, 0.3) is 0 Å². The molecule has 2 heterocycles. The van der Waals surface area contributed by atoms with Crippen molar-refractivity contribution in [3.8, 4) is 5.75 Å². The third-order valence-corrected chi connectivity index (χ3v) is 4.85. The molecule has 0 aliphatic carbocycles. The van der Waals surface area contributed by atoms with E-state index in [4.69, 9.17) is 4.74 Å². The Hall–Kier alpha value is -1.55. The Bertz CT molecular complexity index is 504. The zero-order chi connectivity index (χ0) is 14.7. The SMILES string of the molecule is COc1ccccc1CN1CCCC2(CCCNC2)C1=O. The lowest BCUT2D eigenvalue weighted by molar-refractivity contribution is -0.148. The van der Waals surface area contributed by atoms with E-state index in [9.17, 15) is 4.79 Å². The minimum Gasteiger partial charge on any atom is -0.496 e. The first-order valence-corrected chi connectivity index (χ1v) is 7.87. The van der Waals surface area contributed by atoms with Crippen LogP contribution in [0.4, 0.5) is 0 Å². The summed E-state index contributed by atoms with van der Waals surface area (Å²) in [6.45, 7) is 3.40. The van der Waals surface area contributed by atoms with Crippen LogP contribution in [0.5, 0.6) is 5.75 Å². The van der Waals surface area contributed by atoms with Gasteiger partial charge >= 0.3 is 0 Å². The van der Waals surface area contributed by atoms with Gasteiger partial charge in [0.2, 0.25) is 5.91 Å². The van der Waals surface area contributed by atoms with Gasteiger partial charge in [0.05, 0.1) is 12.5 Å². The second kappa shape index (κ2) is 6.06. The fourth-order valence-electron chi connectivity index (χ4n) is 3.71. The van der Waals surface area contributed by atoms with Crippen LogP contribution in [0.3, 0.4) is 0 Å². The fraction of sp³-hybridized carbons (Fsp3) is 0.588. The Morgan fingerprint density at radius 2 is 2.10 bits per heavy atom. The molecule has 1 atom stereocenters. The van der Waals surface area contributed by atoms with Crippen LogP contribution in [0.15, 0.2) is 24.3 Å². The number of nitrogens with one attached hydrogen (secondary N) is 1. The van der Waals surface area contributed by atoms with Crippen molar-refractivity contribution in [2.75, 3.05) is 26.7 Å². The molecular formula is C17H24N2O2. The van der Waals surface area contributed by atoms with Crippen molar-refractivity contribution in [3.63, 3.8) is 0 Å². The quantitative estimate of drug-likeness (QED) is 0.927. The van der Waals surface area contributed by atoms with Gasteiger partial charge in [-0.1, -0.05) is 18.2 Å². The highest BCUT2D eigenvalue weighted by Gasteiger charge is 2.44. The second-order valence-corrected chi connectivity index (χ2v) is 6.20. The summed E-state index contributed by atoms with van der Waals surface area (Å²) in [5.41, 5.74) is 0.938. The molecule has 2 saturated heterocycles. The van der Waals surface area contributed by atoms with Gasteiger partial charge in [-0.25, -0.2) is 0 Å². The number of para-hydroxylation sites is 1. The number of carbonyl (C=O) groups excluding carboxylic acids is 1. The number of likely N-dealkylation sites (tertiary alicyclic amines) is 1. The van der Waals surface area contributed by atoms with E-state index in [-0.39, 0.29) is 5.41 Å². The molecule has 21 heavy (non-hydrogen) atoms. The maximum absolute atomic E-state index is 13.0. The third-order valence-electron chi connectivity index (χ3n) is 4.85. The number of nitrogens with zero attached hydrogens (tertiary/aromatic N) is 1. The van der Waals surface area contributed by atoms with Crippen molar-refractivity contribution in [1.82, 2.24) is 10.2 Å². The molecule has 0 bridgehead atoms. The number of methoxy groups -OCH3 is 1. The average molecular weight is 288 g/mol. The van der Waals surface area contributed by atoms with Gasteiger partial charge in [-0.15, -0.1) is 0 Å². The molecule has 1 amide bonds. The highest BCUT2D eigenvalue weighted by Crippen LogP contribution is 2.38. The van der Waals surface area contributed by atoms with Crippen molar-refractivity contribution in [2.24, 2.45) is 5.41 Å². The molecule has 2 aliphatic heterocycles. The highest BCUT2D eigenvalue weighted by molar-refractivity contribution is 5.84. The van der Waals surface area contributed by atoms with Gasteiger partial charge in [0.15, 0.2) is 0 Å². The molecule has 0 saturated carbocycles. The summed E-state index contributed by atoms with van der Waals surface area (Å²) in [6.07, 6.45) is 4.26. The fourth-order valence-corrected chi connectivity index (χ4v) is 3.71. The van der Waals surface area contributed by atoms with E-state index in [0.29, 0.717) is 12.5 Å². The molecule has 1 aromatic rings. The van der Waals surface area contributed by atoms with Crippen molar-refractivity contribution in [3.05, 3.63) is 29.8 Å². The Morgan fingerprint density at radius 3 is 2.86 bits per heavy atom. The van der Waals surface area contributed by atoms with Crippen LogP contribution in [0, 0.1) is 5.41 Å². The van der Waals surface area contributed by atoms with Gasteiger partial charge in [-0.2, -0.15) is 0 Å². The predicted molar refractivity (Wildman–Crippen MR) is 82.2 cm³/mol. The summed E-state index contributed by atoms with van der Waals surface area (Å²) in [4.78, 5) is 15.0. The first kappa shape index (κ1) is 14.4. The van der Waals surface area contributed by atoms with E-state index in [0.717, 1.165) is 56.6 Å². The Balaban J connectivity index is 1.77. The number of ether oxygens (including phenoxy) is 1. The summed E-state index contributed by atoms with van der Waals surface area (Å²) in [7, 11) is 1.68. The largest absolute Gasteiger partial charge is 0.496 e. The zero-order valence-corrected chi connectivity index (χ0v) is 12.7. The average Bonchev–Trinajstić information content (AvgIpc) is 2.53. The lowest BCUT2D eigenvalue weighted by atomic mass is 9.73. The monoisotopic (exact) mass is 288 g/mol. The van der Waals surface area contributed by atoms with E-state index in [1.807, 2.05) is 29.2 Å². The molecule has 0 aromatic heterocycles. The number of benzene rings is 1. The zero-order valence-electron chi connectivity index (χ0n) is 12.7. The van der Waals surface area contributed by atoms with Crippen LogP contribution >= 0.6 is 0 Å². The van der Waals surface area contributed by atoms with Crippen LogP contribution in [-0.2, 0) is 11.3 Å². The lowest BCUT2D eigenvalue weighted by Gasteiger charge is -2.44. The van der Waals surface area contributed by atoms with Gasteiger partial charge in [0, 0.05) is 25.2 Å². The van der Waals surface area contributed by atoms with Crippen LogP contribution in [0.1, 0.15) is 31.2 Å². The number of carbonyl (C=O) groups is 1. The van der Waals surface area contributed by atoms with Gasteiger partial charge in [-0.3, -0.25) is 4.79 Å². The van der Waals surface area contributed by atoms with Crippen molar-refractivity contribution in [1.29, 1.82) is 0 Å². The molecule has 1 unspecified atom stereocenters. The summed E-state index contributed by atoms with van der Waals surface area (Å²) in [5.74, 6) is 1.19. The third kappa shape index (κ3) is 2.77. The van der Waals surface area contributed by atoms with Crippen LogP contribution < -0.4 is 10.1 Å². The van der Waals surface area contributed by atoms with Crippen molar-refractivity contribution < 1.29 is 9.53 Å². The molecular weight excluding hydrogens is 264 g/mol. The highest BCUT2D eigenvalue weighted by atomic mass is 16.5. The maximum atomic E-state index is 13.0. The minimum atomic E-state index is -0.154. The van der Waals surface area contributed by atoms with E-state index in [2.05, 4.69) is 5.32 Å². The van der Waals surface area contributed by atoms with Gasteiger partial charge in [-0.05, 0) is 38.3 Å². The molecule has 4 nitrogen and oxygen atoms in total. The molecule has 2 aliphatic rings. The Kier molecular flexibility index (Phi) is 4.15. The maximum Gasteiger partial charge on any atom is 0.230 e. The molecule has 114 valence electrons. The van der Waals surface area contributed by atoms with E-state index >= 15 is 0 Å². The molecule has 1 N–H and O–H groups in total. The topological polar surface area (TPSA) is 41.6 Å². The van der Waals surface area contributed by atoms with Crippen LogP contribution in [-0.4, -0.2) is 37.6 Å². The predicted octanol–water partition coefficient (Wildman–Crippen LogP) is 2.19. The molecule has 0 radical (unpaired) electrons. The Labute approximate surface area is 126 Å². The molecule has 4 heteroatoms. The van der Waals surface area contributed by atoms with E-state index in [1.54, 1.807) is 7.11 Å². The van der Waals surface area contributed by atoms with E-state index < -0.39 is 0 Å². The minimum absolute atomic E-state index is 0.154. The van der Waals surface area contributed by atoms with Crippen molar-refractivity contribution >= 4 is 5.91 Å². The summed E-state index contributed by atoms with van der Waals surface area (Å²) < 4.78 is 5.41. The van der Waals surface area contributed by atoms with Crippen LogP contribution in [0.2, 0.25) is 0 Å². The second-order valence-electron chi connectivity index (χ2n) is 6.20. The lowest BCUT2D eigenvalue weighted by Crippen LogP contribution is -2.54. The normalized spacial score (nSPS) is 26.1. The molecule has 2 fully saturated rings. The van der Waals surface area contributed by atoms with Crippen molar-refractivity contribution in [2.45, 2.75) is 32.2 Å².